The molecule has 0 fully saturated rings. The zero-order valence-corrected chi connectivity index (χ0v) is 24.2. The molecule has 0 bridgehead atoms. The number of nitrogens with one attached hydrogen (secondary N) is 1. The number of hydrogen-bond donors (Lipinski definition) is 1. The van der Waals surface area contributed by atoms with Gasteiger partial charge < -0.3 is 19.0 Å². The maximum atomic E-state index is 6.64. The molecule has 1 unspecified atom stereocenters. The van der Waals surface area contributed by atoms with Gasteiger partial charge in [-0.05, 0) is 52.7 Å². The Morgan fingerprint density at radius 2 is 1.31 bits per heavy atom. The van der Waals surface area contributed by atoms with Gasteiger partial charge in [-0.3, -0.25) is 0 Å². The Balaban J connectivity index is 1.09. The van der Waals surface area contributed by atoms with Crippen LogP contribution in [0.1, 0.15) is 11.8 Å². The number of furan rings is 1. The fourth-order valence-corrected chi connectivity index (χ4v) is 7.20. The van der Waals surface area contributed by atoms with Gasteiger partial charge in [-0.1, -0.05) is 109 Å². The van der Waals surface area contributed by atoms with Crippen molar-refractivity contribution in [2.75, 3.05) is 5.32 Å². The fourth-order valence-electron chi connectivity index (χ4n) is 7.20. The minimum atomic E-state index is -0.320. The highest BCUT2D eigenvalue weighted by Gasteiger charge is 2.30. The Hall–Kier alpha value is -6.00. The Labute approximate surface area is 258 Å². The third-order valence-corrected chi connectivity index (χ3v) is 9.23. The smallest absolute Gasteiger partial charge is 0.196 e. The van der Waals surface area contributed by atoms with E-state index in [1.54, 1.807) is 0 Å². The maximum absolute atomic E-state index is 6.64. The van der Waals surface area contributed by atoms with E-state index in [2.05, 4.69) is 137 Å². The van der Waals surface area contributed by atoms with Crippen LogP contribution in [0.4, 0.5) is 5.69 Å². The normalized spacial score (nSPS) is 14.4. The minimum Gasteiger partial charge on any atom is -0.464 e. The van der Waals surface area contributed by atoms with E-state index in [0.717, 1.165) is 55.8 Å². The van der Waals surface area contributed by atoms with Crippen LogP contribution in [0.3, 0.4) is 0 Å². The maximum Gasteiger partial charge on any atom is 0.196 e. The summed E-state index contributed by atoms with van der Waals surface area (Å²) >= 11 is 0. The molecular weight excluding hydrogens is 552 g/mol. The summed E-state index contributed by atoms with van der Waals surface area (Å²) in [7, 11) is 0. The van der Waals surface area contributed by atoms with Crippen molar-refractivity contribution in [1.29, 1.82) is 0 Å². The summed E-state index contributed by atoms with van der Waals surface area (Å²) in [6.07, 6.45) is -0.320. The number of fused-ring (bicyclic) bond motifs is 10. The van der Waals surface area contributed by atoms with Gasteiger partial charge >= 0.3 is 0 Å². The van der Waals surface area contributed by atoms with Crippen molar-refractivity contribution >= 4 is 60.2 Å². The van der Waals surface area contributed by atoms with Gasteiger partial charge in [0.05, 0.1) is 22.1 Å². The third kappa shape index (κ3) is 3.54. The van der Waals surface area contributed by atoms with Gasteiger partial charge in [0.1, 0.15) is 16.9 Å². The highest BCUT2D eigenvalue weighted by molar-refractivity contribution is 6.21. The number of anilines is 1. The summed E-state index contributed by atoms with van der Waals surface area (Å²) in [6.45, 7) is 0. The molecule has 0 aliphatic carbocycles. The van der Waals surface area contributed by atoms with Crippen LogP contribution in [0.25, 0.3) is 71.3 Å². The van der Waals surface area contributed by atoms with Crippen LogP contribution >= 0.6 is 0 Å². The van der Waals surface area contributed by atoms with Gasteiger partial charge in [0, 0.05) is 33.0 Å². The predicted octanol–water partition coefficient (Wildman–Crippen LogP) is 11.0. The zero-order valence-electron chi connectivity index (χ0n) is 24.2. The van der Waals surface area contributed by atoms with Crippen molar-refractivity contribution in [1.82, 2.24) is 4.57 Å². The standard InChI is InChI=1S/C41H26N2O2/c1-2-10-25(11-3-1)32-24-36-39(38-31-15-7-9-17-35(31)44-40(32)38)42-41(45-36)27-18-21-28(22-19-27)43-33-16-8-6-14-30(33)37-29-13-5-4-12-26(29)20-23-34(37)43/h1-24,41-42H. The van der Waals surface area contributed by atoms with Crippen LogP contribution in [0.15, 0.2) is 150 Å². The molecule has 1 N–H and O–H groups in total. The number of ether oxygens (including phenoxy) is 1. The lowest BCUT2D eigenvalue weighted by Crippen LogP contribution is -2.10. The lowest BCUT2D eigenvalue weighted by atomic mass is 10.0. The van der Waals surface area contributed by atoms with Crippen LogP contribution in [-0.2, 0) is 0 Å². The summed E-state index contributed by atoms with van der Waals surface area (Å²) in [4.78, 5) is 0. The largest absolute Gasteiger partial charge is 0.464 e. The van der Waals surface area contributed by atoms with Crippen molar-refractivity contribution in [3.63, 3.8) is 0 Å². The van der Waals surface area contributed by atoms with E-state index in [1.807, 2.05) is 18.2 Å². The number of aromatic nitrogens is 1. The zero-order chi connectivity index (χ0) is 29.5. The Kier molecular flexibility index (Phi) is 5.02. The van der Waals surface area contributed by atoms with Gasteiger partial charge in [0.25, 0.3) is 0 Å². The Bertz CT molecular complexity index is 2590. The molecule has 0 saturated carbocycles. The number of nitrogens with zero attached hydrogens (tertiary/aromatic N) is 1. The second-order valence-electron chi connectivity index (χ2n) is 11.7. The molecule has 1 atom stereocenters. The average Bonchev–Trinajstić information content (AvgIpc) is 3.80. The second-order valence-corrected chi connectivity index (χ2v) is 11.7. The van der Waals surface area contributed by atoms with E-state index < -0.39 is 0 Å². The molecule has 10 rings (SSSR count). The molecule has 1 aliphatic heterocycles. The molecule has 1 aliphatic rings. The first kappa shape index (κ1) is 24.4. The monoisotopic (exact) mass is 578 g/mol. The first-order valence-corrected chi connectivity index (χ1v) is 15.3. The molecule has 0 saturated heterocycles. The molecule has 0 spiro atoms. The number of hydrogen-bond acceptors (Lipinski definition) is 3. The Morgan fingerprint density at radius 3 is 2.18 bits per heavy atom. The van der Waals surface area contributed by atoms with Gasteiger partial charge in [-0.25, -0.2) is 0 Å². The summed E-state index contributed by atoms with van der Waals surface area (Å²) in [5.41, 5.74) is 9.40. The molecule has 45 heavy (non-hydrogen) atoms. The molecular formula is C41H26N2O2. The molecule has 7 aromatic carbocycles. The van der Waals surface area contributed by atoms with Crippen LogP contribution in [-0.4, -0.2) is 4.57 Å². The Morgan fingerprint density at radius 1 is 0.578 bits per heavy atom. The van der Waals surface area contributed by atoms with Crippen molar-refractivity contribution < 1.29 is 9.15 Å². The van der Waals surface area contributed by atoms with E-state index in [-0.39, 0.29) is 6.23 Å². The molecule has 3 heterocycles. The SMILES string of the molecule is c1ccc(-c2cc3c(c4c2oc2ccccc24)NC(c2ccc(-n4c5ccccc5c5c6ccccc6ccc54)cc2)O3)cc1. The molecule has 0 amide bonds. The van der Waals surface area contributed by atoms with E-state index in [4.69, 9.17) is 9.15 Å². The topological polar surface area (TPSA) is 39.3 Å². The summed E-state index contributed by atoms with van der Waals surface area (Å²) in [5.74, 6) is 0.830. The molecule has 212 valence electrons. The predicted molar refractivity (Wildman–Crippen MR) is 184 cm³/mol. The summed E-state index contributed by atoms with van der Waals surface area (Å²) < 4.78 is 15.5. The quantitative estimate of drug-likeness (QED) is 0.227. The van der Waals surface area contributed by atoms with E-state index in [0.29, 0.717) is 0 Å². The van der Waals surface area contributed by atoms with Gasteiger partial charge in [0.2, 0.25) is 0 Å². The fraction of sp³-hybridized carbons (Fsp3) is 0.0244. The number of benzene rings is 7. The van der Waals surface area contributed by atoms with E-state index in [1.165, 1.54) is 32.6 Å². The van der Waals surface area contributed by atoms with Gasteiger partial charge in [-0.2, -0.15) is 0 Å². The van der Waals surface area contributed by atoms with Crippen LogP contribution < -0.4 is 10.1 Å². The van der Waals surface area contributed by atoms with Crippen molar-refractivity contribution in [3.8, 4) is 22.6 Å². The first-order valence-electron chi connectivity index (χ1n) is 15.3. The lowest BCUT2D eigenvalue weighted by Gasteiger charge is -2.14. The van der Waals surface area contributed by atoms with Crippen LogP contribution in [0.2, 0.25) is 0 Å². The lowest BCUT2D eigenvalue weighted by molar-refractivity contribution is 0.260. The summed E-state index contributed by atoms with van der Waals surface area (Å²) in [6, 6.07) is 51.2. The molecule has 4 nitrogen and oxygen atoms in total. The first-order chi connectivity index (χ1) is 22.3. The van der Waals surface area contributed by atoms with Crippen molar-refractivity contribution in [2.45, 2.75) is 6.23 Å². The summed E-state index contributed by atoms with van der Waals surface area (Å²) in [5, 5.41) is 10.9. The van der Waals surface area contributed by atoms with E-state index >= 15 is 0 Å². The highest BCUT2D eigenvalue weighted by Crippen LogP contribution is 2.50. The number of rotatable bonds is 3. The molecule has 9 aromatic rings. The van der Waals surface area contributed by atoms with E-state index in [9.17, 15) is 0 Å². The molecule has 0 radical (unpaired) electrons. The third-order valence-electron chi connectivity index (χ3n) is 9.23. The highest BCUT2D eigenvalue weighted by atomic mass is 16.5. The van der Waals surface area contributed by atoms with Gasteiger partial charge in [-0.15, -0.1) is 0 Å². The van der Waals surface area contributed by atoms with Gasteiger partial charge in [0.15, 0.2) is 6.23 Å². The van der Waals surface area contributed by atoms with Crippen molar-refractivity contribution in [3.05, 3.63) is 151 Å². The number of para-hydroxylation sites is 2. The average molecular weight is 579 g/mol. The molecule has 4 heteroatoms. The van der Waals surface area contributed by atoms with Crippen LogP contribution in [0, 0.1) is 0 Å². The van der Waals surface area contributed by atoms with Crippen LogP contribution in [0.5, 0.6) is 5.75 Å². The minimum absolute atomic E-state index is 0.320. The second kappa shape index (κ2) is 9.25. The van der Waals surface area contributed by atoms with Crippen molar-refractivity contribution in [2.24, 2.45) is 0 Å². The molecule has 2 aromatic heterocycles.